The summed E-state index contributed by atoms with van der Waals surface area (Å²) in [6, 6.07) is 15.7. The van der Waals surface area contributed by atoms with Gasteiger partial charge in [-0.25, -0.2) is 12.8 Å². The second-order valence-corrected chi connectivity index (χ2v) is 14.7. The van der Waals surface area contributed by atoms with Crippen molar-refractivity contribution in [2.24, 2.45) is 0 Å². The summed E-state index contributed by atoms with van der Waals surface area (Å²) in [5.41, 5.74) is 3.01. The third kappa shape index (κ3) is 6.80. The quantitative estimate of drug-likeness (QED) is 0.302. The number of aryl methyl sites for hydroxylation is 1. The molecule has 0 saturated carbocycles. The zero-order valence-electron chi connectivity index (χ0n) is 20.7. The van der Waals surface area contributed by atoms with Gasteiger partial charge >= 0.3 is 0 Å². The van der Waals surface area contributed by atoms with E-state index in [0.717, 1.165) is 55.6 Å². The van der Waals surface area contributed by atoms with Crippen LogP contribution in [0.5, 0.6) is 5.75 Å². The van der Waals surface area contributed by atoms with Gasteiger partial charge in [-0.05, 0) is 72.7 Å². The van der Waals surface area contributed by atoms with Gasteiger partial charge < -0.3 is 4.74 Å². The molecule has 3 aromatic rings. The predicted molar refractivity (Wildman–Crippen MR) is 150 cm³/mol. The summed E-state index contributed by atoms with van der Waals surface area (Å²) in [5, 5.41) is 0. The van der Waals surface area contributed by atoms with E-state index in [1.807, 2.05) is 18.2 Å². The van der Waals surface area contributed by atoms with E-state index in [4.69, 9.17) is 39.5 Å². The van der Waals surface area contributed by atoms with Gasteiger partial charge in [0.05, 0.1) is 17.2 Å². The number of ether oxygens (including phenoxy) is 1. The Balaban J connectivity index is 1.25. The average Bonchev–Trinajstić information content (AvgIpc) is 2.86. The number of rotatable bonds is 6. The number of alkyl halides is 3. The fourth-order valence-corrected chi connectivity index (χ4v) is 7.20. The van der Waals surface area contributed by atoms with Crippen LogP contribution in [0, 0.1) is 5.82 Å². The fourth-order valence-electron chi connectivity index (χ4n) is 5.27. The first kappa shape index (κ1) is 27.7. The third-order valence-electron chi connectivity index (χ3n) is 7.26. The van der Waals surface area contributed by atoms with Crippen LogP contribution in [0.25, 0.3) is 11.1 Å². The van der Waals surface area contributed by atoms with Crippen LogP contribution in [0.1, 0.15) is 36.1 Å². The van der Waals surface area contributed by atoms with E-state index in [1.54, 1.807) is 36.5 Å². The molecule has 0 bridgehead atoms. The lowest BCUT2D eigenvalue weighted by Crippen LogP contribution is -2.51. The van der Waals surface area contributed by atoms with E-state index in [0.29, 0.717) is 17.8 Å². The summed E-state index contributed by atoms with van der Waals surface area (Å²) >= 11 is 17.9. The summed E-state index contributed by atoms with van der Waals surface area (Å²) in [5.74, 6) is -0.296. The van der Waals surface area contributed by atoms with Crippen LogP contribution in [0.2, 0.25) is 0 Å². The number of piperidine rings is 1. The Morgan fingerprint density at radius 2 is 1.71 bits per heavy atom. The molecule has 0 unspecified atom stereocenters. The number of benzene rings is 2. The van der Waals surface area contributed by atoms with Crippen LogP contribution in [0.15, 0.2) is 60.8 Å². The number of hydrogen-bond donors (Lipinski definition) is 0. The van der Waals surface area contributed by atoms with Crippen molar-refractivity contribution in [2.45, 2.75) is 46.6 Å². The molecule has 5 rings (SSSR count). The van der Waals surface area contributed by atoms with E-state index in [-0.39, 0.29) is 22.7 Å². The van der Waals surface area contributed by atoms with Crippen LogP contribution in [0.3, 0.4) is 0 Å². The van der Waals surface area contributed by atoms with Crippen molar-refractivity contribution >= 4 is 44.6 Å². The molecule has 0 aliphatic carbocycles. The molecule has 0 atom stereocenters. The lowest BCUT2D eigenvalue weighted by molar-refractivity contribution is -0.0139. The van der Waals surface area contributed by atoms with E-state index in [9.17, 15) is 12.8 Å². The molecule has 1 aromatic heterocycles. The first-order valence-corrected chi connectivity index (χ1v) is 15.5. The number of pyridine rings is 1. The van der Waals surface area contributed by atoms with Crippen molar-refractivity contribution in [1.29, 1.82) is 0 Å². The zero-order valence-corrected chi connectivity index (χ0v) is 23.8. The highest BCUT2D eigenvalue weighted by atomic mass is 35.6. The minimum atomic E-state index is -3.57. The zero-order chi connectivity index (χ0) is 27.0. The molecular formula is C28H28Cl3FN2O3S. The van der Waals surface area contributed by atoms with Crippen LogP contribution >= 0.6 is 34.8 Å². The van der Waals surface area contributed by atoms with Crippen molar-refractivity contribution < 1.29 is 17.5 Å². The van der Waals surface area contributed by atoms with Crippen molar-refractivity contribution in [3.63, 3.8) is 0 Å². The lowest BCUT2D eigenvalue weighted by Gasteiger charge is -2.45. The van der Waals surface area contributed by atoms with E-state index >= 15 is 0 Å². The highest BCUT2D eigenvalue weighted by Gasteiger charge is 2.40. The predicted octanol–water partition coefficient (Wildman–Crippen LogP) is 6.53. The summed E-state index contributed by atoms with van der Waals surface area (Å²) in [6.07, 6.45) is 5.03. The van der Waals surface area contributed by atoms with Crippen molar-refractivity contribution in [1.82, 2.24) is 9.88 Å². The maximum absolute atomic E-state index is 15.0. The standard InChI is InChI=1S/C28H28Cl3FN2O3S/c29-28(30,31)19-34-13-10-27(11-14-34)9-8-22-15-20(6-7-26(22)37-27)21-4-5-23(25(32)16-21)17-38(35,36)18-24-3-1-2-12-33-24/h1-7,12,15-16H,8-11,13-14,17-19H2. The number of fused-ring (bicyclic) bond motifs is 1. The summed E-state index contributed by atoms with van der Waals surface area (Å²) in [6.45, 7) is 2.02. The molecular weight excluding hydrogens is 570 g/mol. The summed E-state index contributed by atoms with van der Waals surface area (Å²) in [7, 11) is -3.57. The molecule has 5 nitrogen and oxygen atoms in total. The number of nitrogens with zero attached hydrogens (tertiary/aromatic N) is 2. The SMILES string of the molecule is O=S(=O)(Cc1ccccn1)Cc1ccc(-c2ccc3c(c2)CCC2(CCN(CC(Cl)(Cl)Cl)CC2)O3)cc1F. The first-order chi connectivity index (χ1) is 18.0. The molecule has 1 saturated heterocycles. The fraction of sp³-hybridized carbons (Fsp3) is 0.393. The van der Waals surface area contributed by atoms with Crippen LogP contribution in [-0.4, -0.2) is 47.3 Å². The topological polar surface area (TPSA) is 59.5 Å². The van der Waals surface area contributed by atoms with Gasteiger partial charge in [0.15, 0.2) is 9.84 Å². The molecule has 10 heteroatoms. The minimum absolute atomic E-state index is 0.147. The van der Waals surface area contributed by atoms with E-state index < -0.39 is 19.4 Å². The molecule has 0 N–H and O–H groups in total. The molecule has 0 radical (unpaired) electrons. The number of likely N-dealkylation sites (tertiary alicyclic amines) is 1. The third-order valence-corrected chi connectivity index (χ3v) is 9.11. The van der Waals surface area contributed by atoms with Crippen LogP contribution < -0.4 is 4.74 Å². The Bertz CT molecular complexity index is 1410. The highest BCUT2D eigenvalue weighted by molar-refractivity contribution is 7.89. The minimum Gasteiger partial charge on any atom is -0.487 e. The van der Waals surface area contributed by atoms with Crippen LogP contribution in [-0.2, 0) is 27.8 Å². The number of aromatic nitrogens is 1. The second kappa shape index (κ2) is 10.9. The molecule has 1 fully saturated rings. The number of hydrogen-bond acceptors (Lipinski definition) is 5. The molecule has 1 spiro atoms. The average molecular weight is 598 g/mol. The Morgan fingerprint density at radius 3 is 2.39 bits per heavy atom. The maximum atomic E-state index is 15.0. The molecule has 202 valence electrons. The molecule has 38 heavy (non-hydrogen) atoms. The summed E-state index contributed by atoms with van der Waals surface area (Å²) < 4.78 is 45.4. The van der Waals surface area contributed by atoms with Gasteiger partial charge in [0, 0.05) is 31.4 Å². The van der Waals surface area contributed by atoms with Crippen molar-refractivity contribution in [3.8, 4) is 16.9 Å². The number of halogens is 4. The molecule has 2 aromatic carbocycles. The monoisotopic (exact) mass is 596 g/mol. The Kier molecular flexibility index (Phi) is 7.96. The molecule has 0 amide bonds. The summed E-state index contributed by atoms with van der Waals surface area (Å²) in [4.78, 5) is 6.22. The van der Waals surface area contributed by atoms with Crippen molar-refractivity contribution in [3.05, 3.63) is 83.4 Å². The van der Waals surface area contributed by atoms with Gasteiger partial charge in [0.2, 0.25) is 3.79 Å². The largest absolute Gasteiger partial charge is 0.487 e. The molecule has 2 aliphatic heterocycles. The Labute approximate surface area is 237 Å². The van der Waals surface area contributed by atoms with E-state index in [1.165, 1.54) is 6.07 Å². The van der Waals surface area contributed by atoms with Gasteiger partial charge in [-0.2, -0.15) is 0 Å². The Morgan fingerprint density at radius 1 is 0.974 bits per heavy atom. The smallest absolute Gasteiger partial charge is 0.203 e. The van der Waals surface area contributed by atoms with Gasteiger partial charge in [-0.1, -0.05) is 59.1 Å². The van der Waals surface area contributed by atoms with E-state index in [2.05, 4.69) is 9.88 Å². The lowest BCUT2D eigenvalue weighted by atomic mass is 9.82. The van der Waals surface area contributed by atoms with Crippen molar-refractivity contribution in [2.75, 3.05) is 19.6 Å². The normalized spacial score (nSPS) is 17.7. The highest BCUT2D eigenvalue weighted by Crippen LogP contribution is 2.41. The number of sulfone groups is 1. The first-order valence-electron chi connectivity index (χ1n) is 12.5. The molecule has 2 aliphatic rings. The van der Waals surface area contributed by atoms with Crippen LogP contribution in [0.4, 0.5) is 4.39 Å². The molecule has 3 heterocycles. The maximum Gasteiger partial charge on any atom is 0.203 e. The van der Waals surface area contributed by atoms with Gasteiger partial charge in [0.25, 0.3) is 0 Å². The Hall–Kier alpha value is -1.90. The van der Waals surface area contributed by atoms with Gasteiger partial charge in [0.1, 0.15) is 17.2 Å². The second-order valence-electron chi connectivity index (χ2n) is 10.2. The van der Waals surface area contributed by atoms with Gasteiger partial charge in [-0.15, -0.1) is 0 Å². The van der Waals surface area contributed by atoms with Gasteiger partial charge in [-0.3, -0.25) is 9.88 Å².